The molecule has 2 amide bonds. The van der Waals surface area contributed by atoms with Crippen LogP contribution in [0.15, 0.2) is 72.4 Å². The van der Waals surface area contributed by atoms with Gasteiger partial charge in [-0.3, -0.25) is 9.59 Å². The van der Waals surface area contributed by atoms with Crippen molar-refractivity contribution < 1.29 is 14.0 Å². The van der Waals surface area contributed by atoms with Gasteiger partial charge in [0.2, 0.25) is 0 Å². The number of nitrogens with zero attached hydrogens (tertiary/aromatic N) is 1. The Morgan fingerprint density at radius 2 is 1.63 bits per heavy atom. The molecule has 0 unspecified atom stereocenters. The molecule has 3 aromatic carbocycles. The molecule has 4 nitrogen and oxygen atoms in total. The molecule has 0 aromatic heterocycles. The summed E-state index contributed by atoms with van der Waals surface area (Å²) >= 11 is 6.12. The number of carbonyl (C=O) groups excluding carboxylic acids is 2. The standard InChI is InChI=1S/C24H18ClFN2O2/c1-14-6-9-16(10-7-14)21-22(27-19-5-3-4-18(26)13-19)24(30)28(23(21)29)20-12-17(25)11-8-15(20)2/h3-13,27H,1-2H3. The van der Waals surface area contributed by atoms with Crippen LogP contribution in [0.2, 0.25) is 5.02 Å². The van der Waals surface area contributed by atoms with E-state index in [0.717, 1.165) is 16.0 Å². The van der Waals surface area contributed by atoms with Crippen LogP contribution in [0.25, 0.3) is 5.57 Å². The van der Waals surface area contributed by atoms with Crippen LogP contribution < -0.4 is 10.2 Å². The van der Waals surface area contributed by atoms with Gasteiger partial charge in [0.1, 0.15) is 11.5 Å². The minimum absolute atomic E-state index is 0.0915. The van der Waals surface area contributed by atoms with Crippen molar-refractivity contribution in [2.24, 2.45) is 0 Å². The van der Waals surface area contributed by atoms with Gasteiger partial charge in [-0.2, -0.15) is 0 Å². The number of hydrogen-bond acceptors (Lipinski definition) is 3. The molecule has 1 aliphatic heterocycles. The molecule has 6 heteroatoms. The monoisotopic (exact) mass is 420 g/mol. The molecule has 4 rings (SSSR count). The van der Waals surface area contributed by atoms with Gasteiger partial charge in [0.05, 0.1) is 11.3 Å². The second-order valence-corrected chi connectivity index (χ2v) is 7.56. The summed E-state index contributed by atoms with van der Waals surface area (Å²) in [5.41, 5.74) is 3.46. The molecule has 0 aliphatic carbocycles. The molecule has 0 fully saturated rings. The highest BCUT2D eigenvalue weighted by atomic mass is 35.5. The number of carbonyl (C=O) groups is 2. The van der Waals surface area contributed by atoms with Crippen LogP contribution in [-0.2, 0) is 9.59 Å². The van der Waals surface area contributed by atoms with Gasteiger partial charge in [0, 0.05) is 10.7 Å². The van der Waals surface area contributed by atoms with Crippen LogP contribution in [0.1, 0.15) is 16.7 Å². The molecule has 30 heavy (non-hydrogen) atoms. The van der Waals surface area contributed by atoms with E-state index in [9.17, 15) is 14.0 Å². The van der Waals surface area contributed by atoms with Crippen molar-refractivity contribution >= 4 is 40.4 Å². The summed E-state index contributed by atoms with van der Waals surface area (Å²) in [5, 5.41) is 3.37. The molecule has 3 aromatic rings. The molecular formula is C24H18ClFN2O2. The molecule has 0 saturated heterocycles. The first-order valence-corrected chi connectivity index (χ1v) is 9.72. The fourth-order valence-corrected chi connectivity index (χ4v) is 3.55. The van der Waals surface area contributed by atoms with E-state index >= 15 is 0 Å². The number of amides is 2. The Morgan fingerprint density at radius 1 is 0.900 bits per heavy atom. The summed E-state index contributed by atoms with van der Waals surface area (Å²) in [4.78, 5) is 27.9. The van der Waals surface area contributed by atoms with Crippen LogP contribution >= 0.6 is 11.6 Å². The SMILES string of the molecule is Cc1ccc(C2=C(Nc3cccc(F)c3)C(=O)N(c3cc(Cl)ccc3C)C2=O)cc1. The quantitative estimate of drug-likeness (QED) is 0.567. The maximum Gasteiger partial charge on any atom is 0.282 e. The predicted molar refractivity (Wildman–Crippen MR) is 117 cm³/mol. The Balaban J connectivity index is 1.86. The summed E-state index contributed by atoms with van der Waals surface area (Å²) < 4.78 is 13.7. The zero-order valence-electron chi connectivity index (χ0n) is 16.4. The average Bonchev–Trinajstić information content (AvgIpc) is 2.94. The number of anilines is 2. The second-order valence-electron chi connectivity index (χ2n) is 7.13. The molecule has 1 N–H and O–H groups in total. The van der Waals surface area contributed by atoms with E-state index in [1.54, 1.807) is 43.3 Å². The maximum absolute atomic E-state index is 13.7. The van der Waals surface area contributed by atoms with E-state index in [1.165, 1.54) is 18.2 Å². The number of imide groups is 1. The van der Waals surface area contributed by atoms with Gasteiger partial charge in [-0.1, -0.05) is 53.6 Å². The Bertz CT molecular complexity index is 1200. The smallest absolute Gasteiger partial charge is 0.282 e. The molecule has 0 radical (unpaired) electrons. The van der Waals surface area contributed by atoms with E-state index in [1.807, 2.05) is 19.1 Å². The zero-order valence-corrected chi connectivity index (χ0v) is 17.1. The van der Waals surface area contributed by atoms with Crippen molar-refractivity contribution in [3.63, 3.8) is 0 Å². The summed E-state index contributed by atoms with van der Waals surface area (Å²) in [5.74, 6) is -1.44. The fourth-order valence-electron chi connectivity index (χ4n) is 3.39. The minimum atomic E-state index is -0.523. The van der Waals surface area contributed by atoms with Crippen molar-refractivity contribution in [3.05, 3.63) is 100.0 Å². The van der Waals surface area contributed by atoms with Crippen molar-refractivity contribution in [1.82, 2.24) is 0 Å². The summed E-state index contributed by atoms with van der Waals surface area (Å²) in [6, 6.07) is 18.1. The van der Waals surface area contributed by atoms with Crippen LogP contribution in [0.4, 0.5) is 15.8 Å². The average molecular weight is 421 g/mol. The minimum Gasteiger partial charge on any atom is -0.350 e. The first kappa shape index (κ1) is 19.9. The lowest BCUT2D eigenvalue weighted by Crippen LogP contribution is -2.33. The number of hydrogen-bond donors (Lipinski definition) is 1. The number of benzene rings is 3. The van der Waals surface area contributed by atoms with Gasteiger partial charge < -0.3 is 5.32 Å². The first-order chi connectivity index (χ1) is 14.3. The molecule has 1 heterocycles. The highest BCUT2D eigenvalue weighted by Crippen LogP contribution is 2.36. The Labute approximate surface area is 178 Å². The Kier molecular flexibility index (Phi) is 5.14. The molecule has 150 valence electrons. The normalized spacial score (nSPS) is 13.9. The number of rotatable bonds is 4. The largest absolute Gasteiger partial charge is 0.350 e. The van der Waals surface area contributed by atoms with Gasteiger partial charge >= 0.3 is 0 Å². The van der Waals surface area contributed by atoms with Crippen LogP contribution in [0, 0.1) is 19.7 Å². The second kappa shape index (κ2) is 7.76. The Hall–Kier alpha value is -3.44. The zero-order chi connectivity index (χ0) is 21.4. The van der Waals surface area contributed by atoms with E-state index in [0.29, 0.717) is 22.0 Å². The first-order valence-electron chi connectivity index (χ1n) is 9.34. The van der Waals surface area contributed by atoms with Gasteiger partial charge in [0.25, 0.3) is 11.8 Å². The fraction of sp³-hybridized carbons (Fsp3) is 0.0833. The Morgan fingerprint density at radius 3 is 2.33 bits per heavy atom. The molecule has 0 spiro atoms. The van der Waals surface area contributed by atoms with Gasteiger partial charge in [0.15, 0.2) is 0 Å². The lowest BCUT2D eigenvalue weighted by atomic mass is 10.0. The van der Waals surface area contributed by atoms with Crippen LogP contribution in [0.5, 0.6) is 0 Å². The third-order valence-corrected chi connectivity index (χ3v) is 5.17. The highest BCUT2D eigenvalue weighted by molar-refractivity contribution is 6.46. The van der Waals surface area contributed by atoms with E-state index in [-0.39, 0.29) is 11.3 Å². The highest BCUT2D eigenvalue weighted by Gasteiger charge is 2.40. The van der Waals surface area contributed by atoms with Crippen molar-refractivity contribution in [2.45, 2.75) is 13.8 Å². The number of halogens is 2. The van der Waals surface area contributed by atoms with E-state index in [4.69, 9.17) is 11.6 Å². The third-order valence-electron chi connectivity index (χ3n) is 4.93. The van der Waals surface area contributed by atoms with Crippen molar-refractivity contribution in [2.75, 3.05) is 10.2 Å². The third kappa shape index (κ3) is 3.60. The van der Waals surface area contributed by atoms with Crippen molar-refractivity contribution in [1.29, 1.82) is 0 Å². The predicted octanol–water partition coefficient (Wildman–Crippen LogP) is 5.49. The van der Waals surface area contributed by atoms with Crippen molar-refractivity contribution in [3.8, 4) is 0 Å². The molecule has 0 atom stereocenters. The molecular weight excluding hydrogens is 403 g/mol. The number of aryl methyl sites for hydroxylation is 2. The van der Waals surface area contributed by atoms with Gasteiger partial charge in [-0.05, 0) is 55.3 Å². The van der Waals surface area contributed by atoms with Gasteiger partial charge in [-0.15, -0.1) is 0 Å². The molecule has 1 aliphatic rings. The lowest BCUT2D eigenvalue weighted by Gasteiger charge is -2.18. The van der Waals surface area contributed by atoms with Crippen LogP contribution in [-0.4, -0.2) is 11.8 Å². The maximum atomic E-state index is 13.7. The van der Waals surface area contributed by atoms with E-state index < -0.39 is 17.6 Å². The topological polar surface area (TPSA) is 49.4 Å². The summed E-state index contributed by atoms with van der Waals surface area (Å²) in [7, 11) is 0. The molecule has 0 saturated carbocycles. The molecule has 0 bridgehead atoms. The van der Waals surface area contributed by atoms with E-state index in [2.05, 4.69) is 5.32 Å². The lowest BCUT2D eigenvalue weighted by molar-refractivity contribution is -0.120. The summed E-state index contributed by atoms with van der Waals surface area (Å²) in [6.45, 7) is 3.74. The van der Waals surface area contributed by atoms with Crippen LogP contribution in [0.3, 0.4) is 0 Å². The number of nitrogens with one attached hydrogen (secondary N) is 1. The summed E-state index contributed by atoms with van der Waals surface area (Å²) in [6.07, 6.45) is 0. The van der Waals surface area contributed by atoms with Gasteiger partial charge in [-0.25, -0.2) is 9.29 Å².